The van der Waals surface area contributed by atoms with E-state index in [-0.39, 0.29) is 0 Å². The smallest absolute Gasteiger partial charge is 0.264 e. The summed E-state index contributed by atoms with van der Waals surface area (Å²) in [7, 11) is 0. The van der Waals surface area contributed by atoms with Crippen molar-refractivity contribution < 1.29 is 24.1 Å². The van der Waals surface area contributed by atoms with Gasteiger partial charge in [-0.25, -0.2) is 0 Å². The third-order valence-electron chi connectivity index (χ3n) is 9.04. The monoisotopic (exact) mass is 814 g/mol. The molecule has 1 aliphatic rings. The molecule has 49 heavy (non-hydrogen) atoms. The van der Waals surface area contributed by atoms with Crippen LogP contribution in [0.5, 0.6) is 5.75 Å². The van der Waals surface area contributed by atoms with Crippen LogP contribution in [0.2, 0.25) is 0 Å². The molecule has 0 fully saturated rings. The number of aryl methyl sites for hydroxylation is 1. The molecule has 0 radical (unpaired) electrons. The van der Waals surface area contributed by atoms with Crippen molar-refractivity contribution in [3.63, 3.8) is 0 Å². The second-order valence-electron chi connectivity index (χ2n) is 12.1. The van der Waals surface area contributed by atoms with Gasteiger partial charge in [-0.3, -0.25) is 4.98 Å². The molecule has 1 aliphatic carbocycles. The van der Waals surface area contributed by atoms with Gasteiger partial charge < -0.3 is 0 Å². The number of ether oxygens (including phenoxy) is 1. The fourth-order valence-electron chi connectivity index (χ4n) is 6.80. The van der Waals surface area contributed by atoms with E-state index in [0.29, 0.717) is 11.5 Å². The Morgan fingerprint density at radius 3 is 2.33 bits per heavy atom. The van der Waals surface area contributed by atoms with E-state index < -0.39 is 0 Å². The van der Waals surface area contributed by atoms with Crippen LogP contribution in [0.3, 0.4) is 0 Å². The number of fused-ring (bicyclic) bond motifs is 4. The van der Waals surface area contributed by atoms with Crippen molar-refractivity contribution in [3.05, 3.63) is 161 Å². The first-order chi connectivity index (χ1) is 24.1. The zero-order chi connectivity index (χ0) is 32.9. The molecule has 0 atom stereocenters. The van der Waals surface area contributed by atoms with Crippen LogP contribution < -0.4 is 4.74 Å². The molecule has 0 saturated heterocycles. The summed E-state index contributed by atoms with van der Waals surface area (Å²) in [5.74, 6) is 2.15. The zero-order valence-electron chi connectivity index (χ0n) is 26.6. The van der Waals surface area contributed by atoms with E-state index in [2.05, 4.69) is 154 Å². The molecule has 0 N–H and O–H groups in total. The predicted octanol–water partition coefficient (Wildman–Crippen LogP) is 9.57. The van der Waals surface area contributed by atoms with Crippen LogP contribution >= 0.6 is 0 Å². The molecule has 0 bridgehead atoms. The van der Waals surface area contributed by atoms with E-state index in [9.17, 15) is 0 Å². The second-order valence-corrected chi connectivity index (χ2v) is 13.1. The quantitative estimate of drug-likeness (QED) is 0.157. The number of allylic oxidation sites excluding steroid dienone is 3. The van der Waals surface area contributed by atoms with Gasteiger partial charge in [0.1, 0.15) is 0 Å². The van der Waals surface area contributed by atoms with Gasteiger partial charge in [0.15, 0.2) is 0 Å². The summed E-state index contributed by atoms with van der Waals surface area (Å²) >= 11 is 2.43. The number of para-hydroxylation sites is 4. The number of nitrogens with zero attached hydrogens (tertiary/aromatic N) is 5. The molecule has 9 rings (SSSR count). The third kappa shape index (κ3) is 5.11. The maximum atomic E-state index is 6.56. The number of aromatic nitrogens is 5. The molecule has 6 nitrogen and oxygen atoms in total. The number of hydrogen-bond donors (Lipinski definition) is 0. The van der Waals surface area contributed by atoms with Crippen molar-refractivity contribution in [1.29, 1.82) is 0 Å². The summed E-state index contributed by atoms with van der Waals surface area (Å²) in [6.45, 7) is 2.12. The van der Waals surface area contributed by atoms with E-state index >= 15 is 0 Å². The van der Waals surface area contributed by atoms with Gasteiger partial charge in [-0.15, -0.1) is 0 Å². The van der Waals surface area contributed by atoms with Gasteiger partial charge in [0.25, 0.3) is 0 Å². The van der Waals surface area contributed by atoms with Crippen LogP contribution in [0.25, 0.3) is 61.2 Å². The van der Waals surface area contributed by atoms with Gasteiger partial charge in [-0.05, 0) is 18.6 Å². The van der Waals surface area contributed by atoms with Gasteiger partial charge in [0, 0.05) is 29.7 Å². The van der Waals surface area contributed by atoms with Gasteiger partial charge in [-0.1, -0.05) is 18.2 Å². The fourth-order valence-corrected chi connectivity index (χ4v) is 7.95. The second kappa shape index (κ2) is 12.1. The molecule has 4 aromatic heterocycles. The van der Waals surface area contributed by atoms with Gasteiger partial charge in [0.05, 0.1) is 0 Å². The number of rotatable bonds is 6. The Morgan fingerprint density at radius 1 is 0.755 bits per heavy atom. The van der Waals surface area contributed by atoms with Crippen molar-refractivity contribution >= 4 is 38.5 Å². The molecular weight excluding hydrogens is 786 g/mol. The molecule has 4 aromatic carbocycles. The molecule has 0 amide bonds. The van der Waals surface area contributed by atoms with Crippen molar-refractivity contribution in [3.8, 4) is 28.4 Å². The van der Waals surface area contributed by atoms with E-state index in [4.69, 9.17) is 9.72 Å². The number of imidazole rings is 1. The van der Waals surface area contributed by atoms with Crippen LogP contribution in [-0.4, -0.2) is 23.7 Å². The minimum Gasteiger partial charge on any atom is -0.264 e. The molecule has 7 heteroatoms. The van der Waals surface area contributed by atoms with Crippen molar-refractivity contribution in [2.75, 3.05) is 0 Å². The van der Waals surface area contributed by atoms with Crippen LogP contribution in [0.1, 0.15) is 18.4 Å². The summed E-state index contributed by atoms with van der Waals surface area (Å²) < 4.78 is 14.4. The molecule has 0 aliphatic heterocycles. The van der Waals surface area contributed by atoms with Crippen molar-refractivity contribution in [2.24, 2.45) is 0 Å². The Balaban J connectivity index is 1.11. The summed E-state index contributed by atoms with van der Waals surface area (Å²) in [4.78, 5) is 9.25. The average molecular weight is 815 g/mol. The fraction of sp³-hybridized carbons (Fsp3) is 0.0714. The number of benzene rings is 4. The number of pyridine rings is 2. The summed E-state index contributed by atoms with van der Waals surface area (Å²) in [6.07, 6.45) is 13.0. The Morgan fingerprint density at radius 2 is 1.53 bits per heavy atom. The summed E-state index contributed by atoms with van der Waals surface area (Å²) in [5.41, 5.74) is 9.68. The summed E-state index contributed by atoms with van der Waals surface area (Å²) in [6, 6.07) is 41.3. The van der Waals surface area contributed by atoms with E-state index in [1.54, 1.807) is 6.20 Å². The predicted molar refractivity (Wildman–Crippen MR) is 191 cm³/mol. The molecule has 0 unspecified atom stereocenters. The first kappa shape index (κ1) is 29.5. The Hall–Kier alpha value is -5.58. The van der Waals surface area contributed by atoms with Crippen LogP contribution in [0, 0.1) is 22.9 Å². The van der Waals surface area contributed by atoms with E-state index in [1.807, 2.05) is 30.6 Å². The average Bonchev–Trinajstić information content (AvgIpc) is 3.63. The minimum atomic E-state index is 0.631. The minimum absolute atomic E-state index is 0.631. The van der Waals surface area contributed by atoms with Gasteiger partial charge in [-0.2, -0.15) is 0 Å². The zero-order valence-corrected chi connectivity index (χ0v) is 28.8. The van der Waals surface area contributed by atoms with Crippen molar-refractivity contribution in [2.45, 2.75) is 19.8 Å². The van der Waals surface area contributed by atoms with Crippen LogP contribution in [0.4, 0.5) is 0 Å². The molecule has 240 valence electrons. The third-order valence-corrected chi connectivity index (χ3v) is 10.1. The molecule has 8 aromatic rings. The molecule has 0 spiro atoms. The number of hydrogen-bond acceptors (Lipinski definition) is 3. The molecular formula is C42H29N5OPt-2. The van der Waals surface area contributed by atoms with Crippen molar-refractivity contribution in [1.82, 2.24) is 23.7 Å². The summed E-state index contributed by atoms with van der Waals surface area (Å²) in [5, 5.41) is 2.23. The molecule has 4 heterocycles. The van der Waals surface area contributed by atoms with Gasteiger partial charge >= 0.3 is 224 Å². The molecule has 0 saturated carbocycles. The van der Waals surface area contributed by atoms with Crippen LogP contribution in [0.15, 0.2) is 140 Å². The van der Waals surface area contributed by atoms with E-state index in [1.165, 1.54) is 0 Å². The Bertz CT molecular complexity index is 2660. The maximum absolute atomic E-state index is 6.56. The normalized spacial score (nSPS) is 13.2. The Kier molecular flexibility index (Phi) is 7.32. The van der Waals surface area contributed by atoms with Gasteiger partial charge in [0.2, 0.25) is 0 Å². The standard InChI is InChI=1S/C42H29N5O.Pt/c1-29-23-42(44-27-37(29)30-11-10-22-43-26-30)47-38-17-6-5-16-35(38)36-21-20-34(25-41(36)47)48-33-15-9-14-32(24-33)46-28-45(31-12-3-2-4-13-31)39-18-7-8-19-40(39)46;/h2-8,10-13,15-23,26-27H,9,14H2,1H3;/q-2;. The Labute approximate surface area is 294 Å². The SMILES string of the molecule is Cc1cc(-n2c3[c-]c(OC4=CCCC(n5[c](=[Pt])n(-c6ccccc6)c6ccccc65)=[C-]4)ccc3c3ccccc32)ncc1-c1cccnc1. The van der Waals surface area contributed by atoms with Crippen LogP contribution in [-0.2, 0) is 19.4 Å². The topological polar surface area (TPSA) is 49.8 Å². The first-order valence-corrected chi connectivity index (χ1v) is 17.3. The first-order valence-electron chi connectivity index (χ1n) is 16.2. The van der Waals surface area contributed by atoms with E-state index in [0.717, 1.165) is 83.4 Å².